The van der Waals surface area contributed by atoms with Crippen LogP contribution in [0.25, 0.3) is 6.08 Å². The molecule has 2 amide bonds. The highest BCUT2D eigenvalue weighted by atomic mass is 35.5. The number of benzene rings is 3. The molecule has 0 heterocycles. The maximum Gasteiger partial charge on any atom is 0.416 e. The number of ether oxygens (including phenoxy) is 2. The summed E-state index contributed by atoms with van der Waals surface area (Å²) in [4.78, 5) is 24.9. The Morgan fingerprint density at radius 1 is 1.00 bits per heavy atom. The van der Waals surface area contributed by atoms with E-state index >= 15 is 0 Å². The van der Waals surface area contributed by atoms with E-state index in [2.05, 4.69) is 10.6 Å². The lowest BCUT2D eigenvalue weighted by Gasteiger charge is -2.13. The molecule has 3 rings (SSSR count). The van der Waals surface area contributed by atoms with E-state index in [9.17, 15) is 28.0 Å². The maximum absolute atomic E-state index is 13.0. The van der Waals surface area contributed by atoms with E-state index in [0.717, 1.165) is 23.8 Å². The van der Waals surface area contributed by atoms with Gasteiger partial charge in [0, 0.05) is 16.4 Å². The highest BCUT2D eigenvalue weighted by Gasteiger charge is 2.30. The molecule has 0 unspecified atom stereocenters. The Bertz CT molecular complexity index is 1450. The molecule has 0 atom stereocenters. The van der Waals surface area contributed by atoms with Gasteiger partial charge < -0.3 is 20.1 Å². The van der Waals surface area contributed by atoms with E-state index in [-0.39, 0.29) is 36.0 Å². The number of hydrogen-bond acceptors (Lipinski definition) is 5. The van der Waals surface area contributed by atoms with Crippen molar-refractivity contribution in [3.05, 3.63) is 87.9 Å². The van der Waals surface area contributed by atoms with Crippen molar-refractivity contribution in [1.82, 2.24) is 0 Å². The molecule has 202 valence electrons. The molecular formula is C28H23ClF3N3O4. The minimum absolute atomic E-state index is 0.110. The Balaban J connectivity index is 1.72. The molecule has 0 saturated heterocycles. The van der Waals surface area contributed by atoms with Gasteiger partial charge in [-0.05, 0) is 73.5 Å². The SMILES string of the molecule is CCOc1cc(/C=C(\C#N)C(=O)Nc2cccc(C(F)(F)F)c2)ccc1OCC(=O)Nc1ccc(C)c(Cl)c1. The van der Waals surface area contributed by atoms with Crippen LogP contribution in [-0.4, -0.2) is 25.0 Å². The molecule has 0 aliphatic heterocycles. The Morgan fingerprint density at radius 2 is 1.74 bits per heavy atom. The molecule has 0 saturated carbocycles. The molecule has 0 aromatic heterocycles. The van der Waals surface area contributed by atoms with Crippen molar-refractivity contribution in [2.75, 3.05) is 23.8 Å². The topological polar surface area (TPSA) is 100 Å². The second kappa shape index (κ2) is 12.8. The second-order valence-electron chi connectivity index (χ2n) is 8.14. The fourth-order valence-electron chi connectivity index (χ4n) is 3.30. The first-order valence-corrected chi connectivity index (χ1v) is 11.9. The summed E-state index contributed by atoms with van der Waals surface area (Å²) in [6.07, 6.45) is -3.33. The lowest BCUT2D eigenvalue weighted by Crippen LogP contribution is -2.20. The van der Waals surface area contributed by atoms with Gasteiger partial charge in [-0.2, -0.15) is 18.4 Å². The smallest absolute Gasteiger partial charge is 0.416 e. The normalized spacial score (nSPS) is 11.4. The minimum atomic E-state index is -4.58. The fourth-order valence-corrected chi connectivity index (χ4v) is 3.48. The first-order chi connectivity index (χ1) is 18.5. The van der Waals surface area contributed by atoms with E-state index < -0.39 is 23.6 Å². The molecule has 0 aliphatic carbocycles. The van der Waals surface area contributed by atoms with Crippen molar-refractivity contribution >= 4 is 40.9 Å². The monoisotopic (exact) mass is 557 g/mol. The van der Waals surface area contributed by atoms with Gasteiger partial charge in [0.2, 0.25) is 0 Å². The number of aryl methyl sites for hydroxylation is 1. The number of amides is 2. The molecule has 3 aromatic rings. The molecule has 39 heavy (non-hydrogen) atoms. The van der Waals surface area contributed by atoms with Crippen molar-refractivity contribution in [3.63, 3.8) is 0 Å². The van der Waals surface area contributed by atoms with Gasteiger partial charge in [-0.3, -0.25) is 9.59 Å². The van der Waals surface area contributed by atoms with Crippen LogP contribution in [-0.2, 0) is 15.8 Å². The zero-order valence-electron chi connectivity index (χ0n) is 20.9. The second-order valence-corrected chi connectivity index (χ2v) is 8.55. The van der Waals surface area contributed by atoms with Gasteiger partial charge in [0.05, 0.1) is 12.2 Å². The third kappa shape index (κ3) is 8.25. The number of carbonyl (C=O) groups is 2. The summed E-state index contributed by atoms with van der Waals surface area (Å²) in [5.74, 6) is -0.812. The van der Waals surface area contributed by atoms with Gasteiger partial charge in [0.25, 0.3) is 11.8 Å². The number of nitrogens with zero attached hydrogens (tertiary/aromatic N) is 1. The summed E-state index contributed by atoms with van der Waals surface area (Å²) in [5.41, 5.74) is 0.378. The van der Waals surface area contributed by atoms with Crippen LogP contribution < -0.4 is 20.1 Å². The van der Waals surface area contributed by atoms with Crippen LogP contribution in [0.3, 0.4) is 0 Å². The van der Waals surface area contributed by atoms with Crippen LogP contribution in [0.4, 0.5) is 24.5 Å². The Labute approximate surface area is 227 Å². The largest absolute Gasteiger partial charge is 0.490 e. The molecule has 3 aromatic carbocycles. The van der Waals surface area contributed by atoms with Crippen LogP contribution in [0.2, 0.25) is 5.02 Å². The summed E-state index contributed by atoms with van der Waals surface area (Å²) in [5, 5.41) is 15.0. The van der Waals surface area contributed by atoms with Crippen molar-refractivity contribution in [2.45, 2.75) is 20.0 Å². The van der Waals surface area contributed by atoms with Gasteiger partial charge in [-0.25, -0.2) is 0 Å². The summed E-state index contributed by atoms with van der Waals surface area (Å²) in [6, 6.07) is 15.5. The molecular weight excluding hydrogens is 535 g/mol. The number of hydrogen-bond donors (Lipinski definition) is 2. The van der Waals surface area contributed by atoms with E-state index in [1.807, 2.05) is 6.92 Å². The zero-order chi connectivity index (χ0) is 28.6. The number of anilines is 2. The number of nitrogens with one attached hydrogen (secondary N) is 2. The van der Waals surface area contributed by atoms with E-state index in [1.54, 1.807) is 31.2 Å². The third-order valence-corrected chi connectivity index (χ3v) is 5.61. The number of carbonyl (C=O) groups excluding carboxylic acids is 2. The predicted molar refractivity (Wildman–Crippen MR) is 142 cm³/mol. The molecule has 0 radical (unpaired) electrons. The van der Waals surface area contributed by atoms with E-state index in [0.29, 0.717) is 16.3 Å². The molecule has 7 nitrogen and oxygen atoms in total. The van der Waals surface area contributed by atoms with Crippen molar-refractivity contribution in [3.8, 4) is 17.6 Å². The Hall–Kier alpha value is -4.49. The quantitative estimate of drug-likeness (QED) is 0.227. The summed E-state index contributed by atoms with van der Waals surface area (Å²) in [7, 11) is 0. The average Bonchev–Trinajstić information content (AvgIpc) is 2.88. The Morgan fingerprint density at radius 3 is 2.41 bits per heavy atom. The molecule has 0 spiro atoms. The molecule has 0 bridgehead atoms. The van der Waals surface area contributed by atoms with Gasteiger partial charge in [-0.15, -0.1) is 0 Å². The predicted octanol–water partition coefficient (Wildman–Crippen LogP) is 6.63. The Kier molecular flexibility index (Phi) is 9.57. The highest BCUT2D eigenvalue weighted by Crippen LogP contribution is 2.31. The first-order valence-electron chi connectivity index (χ1n) is 11.6. The number of halogens is 4. The first kappa shape index (κ1) is 29.1. The summed E-state index contributed by atoms with van der Waals surface area (Å²) < 4.78 is 50.0. The van der Waals surface area contributed by atoms with Gasteiger partial charge >= 0.3 is 6.18 Å². The maximum atomic E-state index is 13.0. The summed E-state index contributed by atoms with van der Waals surface area (Å²) >= 11 is 6.08. The summed E-state index contributed by atoms with van der Waals surface area (Å²) in [6.45, 7) is 3.51. The van der Waals surface area contributed by atoms with Gasteiger partial charge in [0.15, 0.2) is 18.1 Å². The number of rotatable bonds is 9. The standard InChI is InChI=1S/C28H23ClF3N3O4/c1-3-38-25-12-18(8-10-24(25)39-16-26(36)34-22-9-7-17(2)23(29)14-22)11-19(15-33)27(37)35-21-6-4-5-20(13-21)28(30,31)32/h4-14H,3,16H2,1-2H3,(H,34,36)(H,35,37)/b19-11+. The van der Waals surface area contributed by atoms with Crippen LogP contribution >= 0.6 is 11.6 Å². The molecule has 0 fully saturated rings. The molecule has 0 aliphatic rings. The fraction of sp³-hybridized carbons (Fsp3) is 0.179. The number of nitriles is 1. The lowest BCUT2D eigenvalue weighted by atomic mass is 10.1. The zero-order valence-corrected chi connectivity index (χ0v) is 21.6. The third-order valence-electron chi connectivity index (χ3n) is 5.21. The lowest BCUT2D eigenvalue weighted by molar-refractivity contribution is -0.137. The van der Waals surface area contributed by atoms with Gasteiger partial charge in [-0.1, -0.05) is 29.8 Å². The van der Waals surface area contributed by atoms with Crippen LogP contribution in [0.5, 0.6) is 11.5 Å². The highest BCUT2D eigenvalue weighted by molar-refractivity contribution is 6.31. The van der Waals surface area contributed by atoms with E-state index in [1.165, 1.54) is 30.3 Å². The average molecular weight is 558 g/mol. The van der Waals surface area contributed by atoms with Crippen molar-refractivity contribution in [1.29, 1.82) is 5.26 Å². The van der Waals surface area contributed by atoms with Crippen LogP contribution in [0.15, 0.2) is 66.2 Å². The van der Waals surface area contributed by atoms with E-state index in [4.69, 9.17) is 21.1 Å². The molecule has 2 N–H and O–H groups in total. The number of alkyl halides is 3. The van der Waals surface area contributed by atoms with Crippen molar-refractivity contribution < 1.29 is 32.2 Å². The van der Waals surface area contributed by atoms with Crippen LogP contribution in [0.1, 0.15) is 23.6 Å². The molecule has 11 heteroatoms. The van der Waals surface area contributed by atoms with Crippen LogP contribution in [0, 0.1) is 18.3 Å². The van der Waals surface area contributed by atoms with Gasteiger partial charge in [0.1, 0.15) is 11.6 Å². The van der Waals surface area contributed by atoms with Crippen molar-refractivity contribution in [2.24, 2.45) is 0 Å². The minimum Gasteiger partial charge on any atom is -0.490 e.